The van der Waals surface area contributed by atoms with Crippen molar-refractivity contribution in [2.24, 2.45) is 5.14 Å². The first-order valence-electron chi connectivity index (χ1n) is 7.03. The lowest BCUT2D eigenvalue weighted by Crippen LogP contribution is -2.24. The summed E-state index contributed by atoms with van der Waals surface area (Å²) in [6.45, 7) is 2.33. The molecule has 0 aromatic heterocycles. The Balaban J connectivity index is 1.85. The number of primary sulfonamides is 1. The van der Waals surface area contributed by atoms with Gasteiger partial charge < -0.3 is 5.32 Å². The quantitative estimate of drug-likeness (QED) is 0.692. The van der Waals surface area contributed by atoms with E-state index in [0.29, 0.717) is 12.3 Å². The zero-order valence-electron chi connectivity index (χ0n) is 13.0. The van der Waals surface area contributed by atoms with Crippen molar-refractivity contribution in [2.75, 3.05) is 5.75 Å². The second kappa shape index (κ2) is 8.15. The van der Waals surface area contributed by atoms with Crippen LogP contribution in [0.2, 0.25) is 0 Å². The predicted octanol–water partition coefficient (Wildman–Crippen LogP) is 2.81. The first-order valence-corrected chi connectivity index (χ1v) is 10.4. The van der Waals surface area contributed by atoms with Crippen molar-refractivity contribution < 1.29 is 13.2 Å². The summed E-state index contributed by atoms with van der Waals surface area (Å²) in [4.78, 5) is 13.1. The van der Waals surface area contributed by atoms with Crippen LogP contribution < -0.4 is 10.5 Å². The van der Waals surface area contributed by atoms with E-state index < -0.39 is 10.0 Å². The Morgan fingerprint density at radius 2 is 1.88 bits per heavy atom. The molecule has 0 aliphatic rings. The maximum Gasteiger partial charge on any atom is 0.238 e. The zero-order chi connectivity index (χ0) is 17.7. The van der Waals surface area contributed by atoms with Gasteiger partial charge in [-0.3, -0.25) is 4.79 Å². The molecule has 0 atom stereocenters. The number of hydrogen-bond acceptors (Lipinski definition) is 4. The molecule has 0 unspecified atom stereocenters. The smallest absolute Gasteiger partial charge is 0.238 e. The van der Waals surface area contributed by atoms with E-state index in [1.807, 2.05) is 25.1 Å². The van der Waals surface area contributed by atoms with Crippen molar-refractivity contribution in [3.8, 4) is 0 Å². The number of carbonyl (C=O) groups is 1. The Labute approximate surface area is 154 Å². The summed E-state index contributed by atoms with van der Waals surface area (Å²) >= 11 is 4.89. The number of amides is 1. The number of nitrogens with two attached hydrogens (primary N) is 1. The van der Waals surface area contributed by atoms with Crippen LogP contribution in [0.1, 0.15) is 11.1 Å². The molecular weight excluding hydrogens is 412 g/mol. The predicted molar refractivity (Wildman–Crippen MR) is 99.3 cm³/mol. The first kappa shape index (κ1) is 19.0. The molecule has 128 valence electrons. The van der Waals surface area contributed by atoms with Gasteiger partial charge in [-0.25, -0.2) is 13.6 Å². The molecule has 2 aromatic rings. The zero-order valence-corrected chi connectivity index (χ0v) is 16.2. The topological polar surface area (TPSA) is 89.3 Å². The third-order valence-electron chi connectivity index (χ3n) is 3.24. The van der Waals surface area contributed by atoms with E-state index >= 15 is 0 Å². The number of aryl methyl sites for hydroxylation is 1. The van der Waals surface area contributed by atoms with E-state index in [4.69, 9.17) is 5.14 Å². The fraction of sp³-hybridized carbons (Fsp3) is 0.188. The summed E-state index contributed by atoms with van der Waals surface area (Å²) in [6, 6.07) is 12.0. The Bertz CT molecular complexity index is 837. The minimum absolute atomic E-state index is 0.0545. The van der Waals surface area contributed by atoms with Crippen molar-refractivity contribution in [1.82, 2.24) is 5.32 Å². The molecule has 0 heterocycles. The van der Waals surface area contributed by atoms with Gasteiger partial charge in [0, 0.05) is 15.9 Å². The second-order valence-electron chi connectivity index (χ2n) is 5.16. The fourth-order valence-corrected chi connectivity index (χ4v) is 3.80. The highest BCUT2D eigenvalue weighted by Crippen LogP contribution is 2.25. The molecule has 1 amide bonds. The molecule has 3 N–H and O–H groups in total. The van der Waals surface area contributed by atoms with E-state index in [1.54, 1.807) is 12.1 Å². The largest absolute Gasteiger partial charge is 0.351 e. The molecule has 0 spiro atoms. The van der Waals surface area contributed by atoms with Gasteiger partial charge in [-0.05, 0) is 48.4 Å². The second-order valence-corrected chi connectivity index (χ2v) is 8.66. The number of sulfonamides is 1. The van der Waals surface area contributed by atoms with Crippen molar-refractivity contribution in [3.05, 3.63) is 58.1 Å². The van der Waals surface area contributed by atoms with Gasteiger partial charge in [-0.2, -0.15) is 0 Å². The lowest BCUT2D eigenvalue weighted by molar-refractivity contribution is -0.118. The summed E-state index contributed by atoms with van der Waals surface area (Å²) in [5.41, 5.74) is 1.92. The Morgan fingerprint density at radius 3 is 2.46 bits per heavy atom. The van der Waals surface area contributed by atoms with Crippen LogP contribution in [0.4, 0.5) is 0 Å². The molecule has 0 saturated heterocycles. The summed E-state index contributed by atoms with van der Waals surface area (Å²) in [5.74, 6) is 0.232. The molecule has 0 aliphatic heterocycles. The van der Waals surface area contributed by atoms with Crippen molar-refractivity contribution in [1.29, 1.82) is 0 Å². The highest BCUT2D eigenvalue weighted by molar-refractivity contribution is 9.10. The molecule has 8 heteroatoms. The van der Waals surface area contributed by atoms with Crippen LogP contribution in [0.15, 0.2) is 56.7 Å². The maximum atomic E-state index is 11.9. The molecule has 5 nitrogen and oxygen atoms in total. The molecule has 2 rings (SSSR count). The number of thioether (sulfide) groups is 1. The normalized spacial score (nSPS) is 11.3. The van der Waals surface area contributed by atoms with E-state index in [9.17, 15) is 13.2 Å². The van der Waals surface area contributed by atoms with Gasteiger partial charge in [0.25, 0.3) is 0 Å². The van der Waals surface area contributed by atoms with Gasteiger partial charge in [0.2, 0.25) is 15.9 Å². The number of rotatable bonds is 6. The maximum absolute atomic E-state index is 11.9. The molecule has 0 aliphatic carbocycles. The monoisotopic (exact) mass is 428 g/mol. The van der Waals surface area contributed by atoms with Crippen LogP contribution in [0.3, 0.4) is 0 Å². The minimum atomic E-state index is -3.69. The number of halogens is 1. The SMILES string of the molecule is Cc1cc(Br)ccc1SCC(=O)NCc1ccc(S(N)(=O)=O)cc1. The number of carbonyl (C=O) groups excluding carboxylic acids is 1. The third kappa shape index (κ3) is 5.62. The van der Waals surface area contributed by atoms with E-state index in [1.165, 1.54) is 23.9 Å². The van der Waals surface area contributed by atoms with Crippen LogP contribution >= 0.6 is 27.7 Å². The summed E-state index contributed by atoms with van der Waals surface area (Å²) < 4.78 is 23.4. The van der Waals surface area contributed by atoms with Gasteiger partial charge in [-0.15, -0.1) is 11.8 Å². The minimum Gasteiger partial charge on any atom is -0.351 e. The van der Waals surface area contributed by atoms with Crippen molar-refractivity contribution in [3.63, 3.8) is 0 Å². The van der Waals surface area contributed by atoms with Gasteiger partial charge in [-0.1, -0.05) is 28.1 Å². The average molecular weight is 429 g/mol. The highest BCUT2D eigenvalue weighted by atomic mass is 79.9. The summed E-state index contributed by atoms with van der Waals surface area (Å²) in [6.07, 6.45) is 0. The molecule has 0 saturated carbocycles. The van der Waals surface area contributed by atoms with Crippen molar-refractivity contribution >= 4 is 43.6 Å². The number of hydrogen-bond donors (Lipinski definition) is 2. The average Bonchev–Trinajstić information content (AvgIpc) is 2.51. The van der Waals surface area contributed by atoms with Crippen LogP contribution in [0, 0.1) is 6.92 Å². The van der Waals surface area contributed by atoms with Gasteiger partial charge in [0.15, 0.2) is 0 Å². The molecular formula is C16H17BrN2O3S2. The van der Waals surface area contributed by atoms with Crippen LogP contribution in [-0.4, -0.2) is 20.1 Å². The van der Waals surface area contributed by atoms with Crippen LogP contribution in [0.25, 0.3) is 0 Å². The molecule has 0 fully saturated rings. The highest BCUT2D eigenvalue weighted by Gasteiger charge is 2.08. The lowest BCUT2D eigenvalue weighted by atomic mass is 10.2. The van der Waals surface area contributed by atoms with Crippen molar-refractivity contribution in [2.45, 2.75) is 23.3 Å². The molecule has 0 radical (unpaired) electrons. The van der Waals surface area contributed by atoms with E-state index in [0.717, 1.165) is 20.5 Å². The van der Waals surface area contributed by atoms with Gasteiger partial charge in [0.05, 0.1) is 10.6 Å². The number of benzene rings is 2. The molecule has 24 heavy (non-hydrogen) atoms. The molecule has 2 aromatic carbocycles. The summed E-state index contributed by atoms with van der Waals surface area (Å²) in [7, 11) is -3.69. The molecule has 0 bridgehead atoms. The first-order chi connectivity index (χ1) is 11.3. The number of nitrogens with one attached hydrogen (secondary N) is 1. The Kier molecular flexibility index (Phi) is 6.45. The standard InChI is InChI=1S/C16H17BrN2O3S2/c1-11-8-13(17)4-7-15(11)23-10-16(20)19-9-12-2-5-14(6-3-12)24(18,21)22/h2-8H,9-10H2,1H3,(H,19,20)(H2,18,21,22). The van der Waals surface area contributed by atoms with Crippen LogP contribution in [0.5, 0.6) is 0 Å². The van der Waals surface area contributed by atoms with Crippen LogP contribution in [-0.2, 0) is 21.4 Å². The summed E-state index contributed by atoms with van der Waals surface area (Å²) in [5, 5.41) is 7.85. The Hall–Kier alpha value is -1.35. The fourth-order valence-electron chi connectivity index (χ4n) is 1.97. The van der Waals surface area contributed by atoms with Gasteiger partial charge >= 0.3 is 0 Å². The Morgan fingerprint density at radius 1 is 1.21 bits per heavy atom. The van der Waals surface area contributed by atoms with Gasteiger partial charge in [0.1, 0.15) is 0 Å². The van der Waals surface area contributed by atoms with E-state index in [-0.39, 0.29) is 10.8 Å². The van der Waals surface area contributed by atoms with E-state index in [2.05, 4.69) is 21.2 Å². The lowest BCUT2D eigenvalue weighted by Gasteiger charge is -2.08. The third-order valence-corrected chi connectivity index (χ3v) is 5.84.